The Bertz CT molecular complexity index is 2100. The van der Waals surface area contributed by atoms with Crippen LogP contribution in [-0.4, -0.2) is 51.8 Å². The molecule has 1 aliphatic carbocycles. The van der Waals surface area contributed by atoms with Gasteiger partial charge < -0.3 is 4.74 Å². The minimum atomic E-state index is -4.24. The second-order valence-electron chi connectivity index (χ2n) is 12.0. The molecule has 0 bridgehead atoms. The molecule has 5 rings (SSSR count). The SMILES string of the molecule is COc1ccc(C2=C(c3ccc(S(C)(=O)=O)cc3)CC(COS(=O)(=O)c3ccc(C)cc3)(COS(=O)(=O)c3ccc(C)cc3)C2)cc1Cl. The van der Waals surface area contributed by atoms with Crippen LogP contribution in [0.1, 0.15) is 35.1 Å². The van der Waals surface area contributed by atoms with Gasteiger partial charge in [-0.1, -0.05) is 65.2 Å². The third-order valence-corrected chi connectivity index (χ3v) is 12.2. The molecule has 1 aliphatic rings. The summed E-state index contributed by atoms with van der Waals surface area (Å²) in [6.45, 7) is 2.84. The molecule has 13 heteroatoms. The predicted octanol–water partition coefficient (Wildman–Crippen LogP) is 6.87. The fourth-order valence-corrected chi connectivity index (χ4v) is 8.44. The van der Waals surface area contributed by atoms with Crippen molar-refractivity contribution < 1.29 is 38.4 Å². The van der Waals surface area contributed by atoms with Crippen LogP contribution in [-0.2, 0) is 38.4 Å². The van der Waals surface area contributed by atoms with Gasteiger partial charge in [-0.3, -0.25) is 8.37 Å². The molecule has 254 valence electrons. The van der Waals surface area contributed by atoms with E-state index in [2.05, 4.69) is 0 Å². The van der Waals surface area contributed by atoms with E-state index < -0.39 is 48.7 Å². The van der Waals surface area contributed by atoms with Gasteiger partial charge in [-0.25, -0.2) is 8.42 Å². The molecule has 0 unspecified atom stereocenters. The number of hydrogen-bond donors (Lipinski definition) is 0. The van der Waals surface area contributed by atoms with Crippen LogP contribution >= 0.6 is 11.6 Å². The van der Waals surface area contributed by atoms with Crippen molar-refractivity contribution >= 4 is 52.8 Å². The van der Waals surface area contributed by atoms with Crippen LogP contribution in [0.2, 0.25) is 5.02 Å². The minimum Gasteiger partial charge on any atom is -0.495 e. The van der Waals surface area contributed by atoms with Crippen molar-refractivity contribution in [3.8, 4) is 5.75 Å². The van der Waals surface area contributed by atoms with E-state index in [-0.39, 0.29) is 27.5 Å². The lowest BCUT2D eigenvalue weighted by Crippen LogP contribution is -2.33. The Kier molecular flexibility index (Phi) is 10.3. The Balaban J connectivity index is 1.58. The average molecular weight is 731 g/mol. The summed E-state index contributed by atoms with van der Waals surface area (Å²) in [6.07, 6.45) is 1.40. The van der Waals surface area contributed by atoms with Crippen LogP contribution < -0.4 is 4.74 Å². The van der Waals surface area contributed by atoms with Crippen molar-refractivity contribution in [3.05, 3.63) is 118 Å². The average Bonchev–Trinajstić information content (AvgIpc) is 3.43. The summed E-state index contributed by atoms with van der Waals surface area (Å²) in [4.78, 5) is 0.0486. The largest absolute Gasteiger partial charge is 0.495 e. The Labute approximate surface area is 287 Å². The molecular weight excluding hydrogens is 696 g/mol. The molecule has 0 N–H and O–H groups in total. The van der Waals surface area contributed by atoms with Gasteiger partial charge in [0.25, 0.3) is 20.2 Å². The molecular formula is C35H35ClO9S3. The van der Waals surface area contributed by atoms with E-state index in [1.165, 1.54) is 43.5 Å². The Hall–Kier alpha value is -3.52. The molecule has 0 saturated carbocycles. The molecule has 0 radical (unpaired) electrons. The zero-order valence-electron chi connectivity index (χ0n) is 26.8. The van der Waals surface area contributed by atoms with Crippen LogP contribution in [0, 0.1) is 19.3 Å². The molecule has 0 aromatic heterocycles. The number of methoxy groups -OCH3 is 1. The lowest BCUT2D eigenvalue weighted by atomic mass is 9.84. The number of sulfone groups is 1. The van der Waals surface area contributed by atoms with E-state index in [0.29, 0.717) is 21.9 Å². The molecule has 0 heterocycles. The van der Waals surface area contributed by atoms with Gasteiger partial charge in [0.05, 0.1) is 40.0 Å². The van der Waals surface area contributed by atoms with Gasteiger partial charge in [0, 0.05) is 11.7 Å². The molecule has 0 fully saturated rings. The first-order valence-electron chi connectivity index (χ1n) is 14.8. The lowest BCUT2D eigenvalue weighted by Gasteiger charge is -2.29. The highest BCUT2D eigenvalue weighted by atomic mass is 35.5. The molecule has 48 heavy (non-hydrogen) atoms. The van der Waals surface area contributed by atoms with Gasteiger partial charge in [-0.15, -0.1) is 0 Å². The highest BCUT2D eigenvalue weighted by Gasteiger charge is 2.43. The van der Waals surface area contributed by atoms with Gasteiger partial charge in [0.1, 0.15) is 5.75 Å². The summed E-state index contributed by atoms with van der Waals surface area (Å²) < 4.78 is 94.5. The van der Waals surface area contributed by atoms with Crippen molar-refractivity contribution in [1.82, 2.24) is 0 Å². The number of allylic oxidation sites excluding steroid dienone is 2. The standard InChI is InChI=1S/C35H35ClO9S3/c1-24-5-12-29(13-6-24)47(39,40)44-22-35(23-45-48(41,42)30-14-7-25(2)8-15-30)20-31(26-9-16-28(17-10-26)46(4,37)38)32(21-35)27-11-18-34(43-3)33(36)19-27/h5-19H,20-23H2,1-4H3. The van der Waals surface area contributed by atoms with Crippen molar-refractivity contribution in [2.75, 3.05) is 26.6 Å². The summed E-state index contributed by atoms with van der Waals surface area (Å²) in [5.74, 6) is 0.449. The van der Waals surface area contributed by atoms with Crippen LogP contribution in [0.3, 0.4) is 0 Å². The summed E-state index contributed by atoms with van der Waals surface area (Å²) in [5.41, 5.74) is 3.36. The summed E-state index contributed by atoms with van der Waals surface area (Å²) in [7, 11) is -10.5. The maximum absolute atomic E-state index is 13.4. The predicted molar refractivity (Wildman–Crippen MR) is 185 cm³/mol. The Morgan fingerprint density at radius 1 is 0.625 bits per heavy atom. The van der Waals surface area contributed by atoms with E-state index >= 15 is 0 Å². The quantitative estimate of drug-likeness (QED) is 0.143. The van der Waals surface area contributed by atoms with Crippen LogP contribution in [0.25, 0.3) is 11.1 Å². The summed E-state index contributed by atoms with van der Waals surface area (Å²) in [6, 6.07) is 23.9. The second kappa shape index (κ2) is 13.8. The van der Waals surface area contributed by atoms with Crippen molar-refractivity contribution in [2.24, 2.45) is 5.41 Å². The molecule has 0 atom stereocenters. The van der Waals surface area contributed by atoms with E-state index in [9.17, 15) is 25.3 Å². The van der Waals surface area contributed by atoms with E-state index in [1.54, 1.807) is 54.6 Å². The fraction of sp³-hybridized carbons (Fsp3) is 0.257. The maximum atomic E-state index is 13.4. The third-order valence-electron chi connectivity index (χ3n) is 8.26. The van der Waals surface area contributed by atoms with E-state index in [1.807, 2.05) is 13.8 Å². The van der Waals surface area contributed by atoms with Crippen LogP contribution in [0.5, 0.6) is 5.75 Å². The van der Waals surface area contributed by atoms with E-state index in [0.717, 1.165) is 28.5 Å². The lowest BCUT2D eigenvalue weighted by molar-refractivity contribution is 0.0982. The van der Waals surface area contributed by atoms with Gasteiger partial charge in [-0.05, 0) is 97.5 Å². The van der Waals surface area contributed by atoms with E-state index in [4.69, 9.17) is 24.7 Å². The number of halogens is 1. The van der Waals surface area contributed by atoms with Gasteiger partial charge in [0.15, 0.2) is 9.84 Å². The number of ether oxygens (including phenoxy) is 1. The highest BCUT2D eigenvalue weighted by molar-refractivity contribution is 7.90. The minimum absolute atomic E-state index is 0.0406. The molecule has 4 aromatic rings. The highest BCUT2D eigenvalue weighted by Crippen LogP contribution is 2.52. The molecule has 9 nitrogen and oxygen atoms in total. The second-order valence-corrected chi connectivity index (χ2v) is 17.7. The van der Waals surface area contributed by atoms with Crippen molar-refractivity contribution in [2.45, 2.75) is 41.4 Å². The monoisotopic (exact) mass is 730 g/mol. The summed E-state index contributed by atoms with van der Waals surface area (Å²) in [5, 5.41) is 0.336. The normalized spacial score (nSPS) is 15.1. The van der Waals surface area contributed by atoms with Crippen molar-refractivity contribution in [3.63, 3.8) is 0 Å². The Morgan fingerprint density at radius 2 is 1.04 bits per heavy atom. The third kappa shape index (κ3) is 8.02. The number of rotatable bonds is 12. The smallest absolute Gasteiger partial charge is 0.296 e. The van der Waals surface area contributed by atoms with Crippen molar-refractivity contribution in [1.29, 1.82) is 0 Å². The first-order chi connectivity index (χ1) is 22.5. The zero-order valence-corrected chi connectivity index (χ0v) is 30.0. The zero-order chi connectivity index (χ0) is 34.9. The molecule has 0 spiro atoms. The maximum Gasteiger partial charge on any atom is 0.296 e. The van der Waals surface area contributed by atoms with Gasteiger partial charge >= 0.3 is 0 Å². The van der Waals surface area contributed by atoms with Gasteiger partial charge in [0.2, 0.25) is 0 Å². The number of benzene rings is 4. The van der Waals surface area contributed by atoms with Crippen LogP contribution in [0.4, 0.5) is 0 Å². The number of hydrogen-bond acceptors (Lipinski definition) is 9. The van der Waals surface area contributed by atoms with Crippen LogP contribution in [0.15, 0.2) is 106 Å². The molecule has 0 amide bonds. The fourth-order valence-electron chi connectivity index (χ4n) is 5.53. The molecule has 0 aliphatic heterocycles. The first-order valence-corrected chi connectivity index (χ1v) is 19.9. The topological polar surface area (TPSA) is 130 Å². The summed E-state index contributed by atoms with van der Waals surface area (Å²) >= 11 is 6.52. The molecule has 0 saturated heterocycles. The Morgan fingerprint density at radius 3 is 1.46 bits per heavy atom. The van der Waals surface area contributed by atoms with Gasteiger partial charge in [-0.2, -0.15) is 16.8 Å². The first kappa shape index (κ1) is 35.8. The molecule has 4 aromatic carbocycles. The number of aryl methyl sites for hydroxylation is 2.